The van der Waals surface area contributed by atoms with Gasteiger partial charge in [-0.1, -0.05) is 6.07 Å². The quantitative estimate of drug-likeness (QED) is 0.825. The molecule has 0 spiro atoms. The molecule has 0 bridgehead atoms. The standard InChI is InChI=1S/C14H19NO3/c1-10-9-18-14(8-15-10)11-3-4-12-13(7-11)17-6-2-5-16-12/h3-4,7,10,14-15H,2,5-6,8-9H2,1H3. The zero-order chi connectivity index (χ0) is 12.4. The maximum atomic E-state index is 5.84. The van der Waals surface area contributed by atoms with Crippen molar-refractivity contribution in [2.45, 2.75) is 25.5 Å². The Hall–Kier alpha value is -1.26. The first-order valence-electron chi connectivity index (χ1n) is 6.57. The number of rotatable bonds is 1. The van der Waals surface area contributed by atoms with Gasteiger partial charge in [-0.05, 0) is 24.6 Å². The van der Waals surface area contributed by atoms with Crippen molar-refractivity contribution in [2.24, 2.45) is 0 Å². The van der Waals surface area contributed by atoms with E-state index in [0.717, 1.165) is 49.8 Å². The first-order valence-corrected chi connectivity index (χ1v) is 6.57. The van der Waals surface area contributed by atoms with Crippen LogP contribution in [-0.4, -0.2) is 32.4 Å². The van der Waals surface area contributed by atoms with E-state index >= 15 is 0 Å². The second-order valence-electron chi connectivity index (χ2n) is 4.89. The molecule has 0 aromatic heterocycles. The molecule has 1 aromatic carbocycles. The Labute approximate surface area is 107 Å². The van der Waals surface area contributed by atoms with Crippen LogP contribution < -0.4 is 14.8 Å². The smallest absolute Gasteiger partial charge is 0.161 e. The van der Waals surface area contributed by atoms with Crippen molar-refractivity contribution in [3.63, 3.8) is 0 Å². The lowest BCUT2D eigenvalue weighted by Gasteiger charge is -2.28. The molecule has 0 aliphatic carbocycles. The van der Waals surface area contributed by atoms with Crippen molar-refractivity contribution in [2.75, 3.05) is 26.4 Å². The van der Waals surface area contributed by atoms with Gasteiger partial charge in [0, 0.05) is 19.0 Å². The molecule has 0 amide bonds. The Kier molecular flexibility index (Phi) is 3.39. The van der Waals surface area contributed by atoms with Gasteiger partial charge in [0.2, 0.25) is 0 Å². The van der Waals surface area contributed by atoms with Crippen LogP contribution in [0.25, 0.3) is 0 Å². The first kappa shape index (κ1) is 11.8. The SMILES string of the molecule is CC1COC(c2ccc3c(c2)OCCCO3)CN1. The van der Waals surface area contributed by atoms with Gasteiger partial charge >= 0.3 is 0 Å². The molecular formula is C14H19NO3. The van der Waals surface area contributed by atoms with Crippen molar-refractivity contribution >= 4 is 0 Å². The summed E-state index contributed by atoms with van der Waals surface area (Å²) in [6, 6.07) is 6.53. The molecule has 98 valence electrons. The Balaban J connectivity index is 1.79. The average molecular weight is 249 g/mol. The number of ether oxygens (including phenoxy) is 3. The molecule has 1 fully saturated rings. The monoisotopic (exact) mass is 249 g/mol. The fourth-order valence-corrected chi connectivity index (χ4v) is 2.28. The van der Waals surface area contributed by atoms with Gasteiger partial charge in [-0.3, -0.25) is 0 Å². The maximum absolute atomic E-state index is 5.84. The van der Waals surface area contributed by atoms with Crippen molar-refractivity contribution in [3.8, 4) is 11.5 Å². The second-order valence-corrected chi connectivity index (χ2v) is 4.89. The number of nitrogens with one attached hydrogen (secondary N) is 1. The van der Waals surface area contributed by atoms with Gasteiger partial charge in [-0.25, -0.2) is 0 Å². The minimum atomic E-state index is 0.110. The number of hydrogen-bond donors (Lipinski definition) is 1. The van der Waals surface area contributed by atoms with Gasteiger partial charge in [0.1, 0.15) is 0 Å². The van der Waals surface area contributed by atoms with Crippen LogP contribution in [0.5, 0.6) is 11.5 Å². The largest absolute Gasteiger partial charge is 0.490 e. The predicted octanol–water partition coefficient (Wildman–Crippen LogP) is 1.90. The summed E-state index contributed by atoms with van der Waals surface area (Å²) in [7, 11) is 0. The predicted molar refractivity (Wildman–Crippen MR) is 68.2 cm³/mol. The van der Waals surface area contributed by atoms with Crippen LogP contribution in [0.4, 0.5) is 0 Å². The molecule has 3 rings (SSSR count). The molecule has 4 nitrogen and oxygen atoms in total. The van der Waals surface area contributed by atoms with E-state index in [2.05, 4.69) is 18.3 Å². The van der Waals surface area contributed by atoms with Crippen LogP contribution in [0.2, 0.25) is 0 Å². The van der Waals surface area contributed by atoms with E-state index in [-0.39, 0.29) is 6.10 Å². The van der Waals surface area contributed by atoms with E-state index in [4.69, 9.17) is 14.2 Å². The lowest BCUT2D eigenvalue weighted by atomic mass is 10.1. The highest BCUT2D eigenvalue weighted by Gasteiger charge is 2.21. The van der Waals surface area contributed by atoms with Crippen molar-refractivity contribution in [1.82, 2.24) is 5.32 Å². The summed E-state index contributed by atoms with van der Waals surface area (Å²) in [6.07, 6.45) is 1.04. The summed E-state index contributed by atoms with van der Waals surface area (Å²) in [5.74, 6) is 1.68. The highest BCUT2D eigenvalue weighted by molar-refractivity contribution is 5.44. The van der Waals surface area contributed by atoms with Crippen LogP contribution in [0.1, 0.15) is 25.0 Å². The highest BCUT2D eigenvalue weighted by Crippen LogP contribution is 2.33. The van der Waals surface area contributed by atoms with Crippen molar-refractivity contribution in [3.05, 3.63) is 23.8 Å². The molecule has 2 aliphatic heterocycles. The Bertz CT molecular complexity index is 414. The molecule has 0 saturated carbocycles. The molecule has 0 radical (unpaired) electrons. The van der Waals surface area contributed by atoms with Crippen molar-refractivity contribution < 1.29 is 14.2 Å². The summed E-state index contributed by atoms with van der Waals surface area (Å²) in [4.78, 5) is 0. The van der Waals surface area contributed by atoms with Gasteiger partial charge in [0.15, 0.2) is 11.5 Å². The third-order valence-corrected chi connectivity index (χ3v) is 3.34. The Morgan fingerprint density at radius 3 is 2.78 bits per heavy atom. The Morgan fingerprint density at radius 2 is 2.00 bits per heavy atom. The van der Waals surface area contributed by atoms with Crippen LogP contribution >= 0.6 is 0 Å². The van der Waals surface area contributed by atoms with Crippen LogP contribution in [0.15, 0.2) is 18.2 Å². The normalized spacial score (nSPS) is 27.6. The molecule has 2 heterocycles. The summed E-state index contributed by atoms with van der Waals surface area (Å²) < 4.78 is 17.2. The number of morpholine rings is 1. The van der Waals surface area contributed by atoms with Gasteiger partial charge in [0.25, 0.3) is 0 Å². The molecule has 2 atom stereocenters. The van der Waals surface area contributed by atoms with Crippen LogP contribution in [0.3, 0.4) is 0 Å². The minimum absolute atomic E-state index is 0.110. The second kappa shape index (κ2) is 5.16. The highest BCUT2D eigenvalue weighted by atomic mass is 16.5. The lowest BCUT2D eigenvalue weighted by Crippen LogP contribution is -2.40. The minimum Gasteiger partial charge on any atom is -0.490 e. The molecular weight excluding hydrogens is 230 g/mol. The van der Waals surface area contributed by atoms with E-state index in [1.165, 1.54) is 0 Å². The van der Waals surface area contributed by atoms with E-state index < -0.39 is 0 Å². The molecule has 18 heavy (non-hydrogen) atoms. The average Bonchev–Trinajstić information content (AvgIpc) is 2.64. The third-order valence-electron chi connectivity index (χ3n) is 3.34. The van der Waals surface area contributed by atoms with Crippen LogP contribution in [0, 0.1) is 0 Å². The van der Waals surface area contributed by atoms with Crippen molar-refractivity contribution in [1.29, 1.82) is 0 Å². The van der Waals surface area contributed by atoms with E-state index in [0.29, 0.717) is 6.04 Å². The third kappa shape index (κ3) is 2.44. The number of benzene rings is 1. The van der Waals surface area contributed by atoms with Gasteiger partial charge in [-0.2, -0.15) is 0 Å². The zero-order valence-corrected chi connectivity index (χ0v) is 10.6. The topological polar surface area (TPSA) is 39.7 Å². The molecule has 1 saturated heterocycles. The van der Waals surface area contributed by atoms with Gasteiger partial charge in [0.05, 0.1) is 25.9 Å². The van der Waals surface area contributed by atoms with Gasteiger partial charge in [-0.15, -0.1) is 0 Å². The summed E-state index contributed by atoms with van der Waals surface area (Å²) in [5, 5.41) is 3.43. The summed E-state index contributed by atoms with van der Waals surface area (Å²) >= 11 is 0. The molecule has 2 unspecified atom stereocenters. The molecule has 1 aromatic rings. The lowest BCUT2D eigenvalue weighted by molar-refractivity contribution is 0.00682. The summed E-state index contributed by atoms with van der Waals surface area (Å²) in [6.45, 7) is 5.17. The van der Waals surface area contributed by atoms with E-state index in [9.17, 15) is 0 Å². The first-order chi connectivity index (χ1) is 8.83. The zero-order valence-electron chi connectivity index (χ0n) is 10.6. The summed E-state index contributed by atoms with van der Waals surface area (Å²) in [5.41, 5.74) is 1.15. The van der Waals surface area contributed by atoms with E-state index in [1.54, 1.807) is 0 Å². The van der Waals surface area contributed by atoms with Gasteiger partial charge < -0.3 is 19.5 Å². The maximum Gasteiger partial charge on any atom is 0.161 e. The molecule has 4 heteroatoms. The Morgan fingerprint density at radius 1 is 1.17 bits per heavy atom. The van der Waals surface area contributed by atoms with Crippen LogP contribution in [-0.2, 0) is 4.74 Å². The fraction of sp³-hybridized carbons (Fsp3) is 0.571. The number of hydrogen-bond acceptors (Lipinski definition) is 4. The van der Waals surface area contributed by atoms with E-state index in [1.807, 2.05) is 12.1 Å². The molecule has 2 aliphatic rings. The fourth-order valence-electron chi connectivity index (χ4n) is 2.28. The molecule has 1 N–H and O–H groups in total. The number of fused-ring (bicyclic) bond motifs is 1.